The molecule has 0 radical (unpaired) electrons. The van der Waals surface area contributed by atoms with Gasteiger partial charge in [0, 0.05) is 19.5 Å². The molecule has 2 N–H and O–H groups in total. The second kappa shape index (κ2) is 6.37. The highest BCUT2D eigenvalue weighted by molar-refractivity contribution is 5.66. The normalized spacial score (nSPS) is 22.6. The van der Waals surface area contributed by atoms with Gasteiger partial charge in [-0.05, 0) is 37.8 Å². The van der Waals surface area contributed by atoms with Gasteiger partial charge in [0.05, 0.1) is 5.60 Å². The Kier molecular flexibility index (Phi) is 4.78. The summed E-state index contributed by atoms with van der Waals surface area (Å²) in [5.74, 6) is -0.280. The molecular weight excluding hydrogens is 254 g/mol. The Labute approximate surface area is 120 Å². The SMILES string of the molecule is CC(O)(CN1CCC(CCC(=O)O)C1)c1ccccc1. The van der Waals surface area contributed by atoms with Gasteiger partial charge in [0.25, 0.3) is 0 Å². The number of carboxylic acids is 1. The Morgan fingerprint density at radius 3 is 2.75 bits per heavy atom. The summed E-state index contributed by atoms with van der Waals surface area (Å²) in [6.45, 7) is 4.26. The van der Waals surface area contributed by atoms with Crippen LogP contribution in [0.15, 0.2) is 30.3 Å². The van der Waals surface area contributed by atoms with Crippen molar-refractivity contribution >= 4 is 5.97 Å². The molecule has 0 aromatic heterocycles. The van der Waals surface area contributed by atoms with Gasteiger partial charge in [0.2, 0.25) is 0 Å². The first-order chi connectivity index (χ1) is 9.47. The first-order valence-electron chi connectivity index (χ1n) is 7.19. The van der Waals surface area contributed by atoms with E-state index in [1.54, 1.807) is 0 Å². The minimum Gasteiger partial charge on any atom is -0.481 e. The highest BCUT2D eigenvalue weighted by atomic mass is 16.4. The Morgan fingerprint density at radius 2 is 2.10 bits per heavy atom. The lowest BCUT2D eigenvalue weighted by atomic mass is 9.95. The van der Waals surface area contributed by atoms with E-state index in [-0.39, 0.29) is 6.42 Å². The highest BCUT2D eigenvalue weighted by Gasteiger charge is 2.30. The molecule has 2 atom stereocenters. The van der Waals surface area contributed by atoms with E-state index in [9.17, 15) is 9.90 Å². The van der Waals surface area contributed by atoms with Crippen molar-refractivity contribution in [2.45, 2.75) is 31.8 Å². The number of rotatable bonds is 6. The van der Waals surface area contributed by atoms with Crippen LogP contribution in [0.1, 0.15) is 31.7 Å². The van der Waals surface area contributed by atoms with Crippen LogP contribution in [0, 0.1) is 5.92 Å². The number of carbonyl (C=O) groups is 1. The maximum absolute atomic E-state index is 10.6. The third-order valence-electron chi connectivity index (χ3n) is 4.06. The summed E-state index contributed by atoms with van der Waals surface area (Å²) in [6, 6.07) is 9.69. The minimum absolute atomic E-state index is 0.244. The van der Waals surface area contributed by atoms with Gasteiger partial charge in [-0.25, -0.2) is 0 Å². The smallest absolute Gasteiger partial charge is 0.303 e. The predicted octanol–water partition coefficient (Wildman–Crippen LogP) is 2.08. The van der Waals surface area contributed by atoms with Gasteiger partial charge in [-0.3, -0.25) is 9.69 Å². The van der Waals surface area contributed by atoms with E-state index >= 15 is 0 Å². The van der Waals surface area contributed by atoms with Crippen LogP contribution < -0.4 is 0 Å². The summed E-state index contributed by atoms with van der Waals surface area (Å²) in [7, 11) is 0. The zero-order valence-electron chi connectivity index (χ0n) is 12.0. The third kappa shape index (κ3) is 4.05. The summed E-state index contributed by atoms with van der Waals surface area (Å²) < 4.78 is 0. The van der Waals surface area contributed by atoms with Crippen molar-refractivity contribution in [1.82, 2.24) is 4.90 Å². The van der Waals surface area contributed by atoms with E-state index in [4.69, 9.17) is 5.11 Å². The molecule has 4 heteroatoms. The molecule has 1 heterocycles. The molecule has 1 aliphatic heterocycles. The van der Waals surface area contributed by atoms with Crippen LogP contribution >= 0.6 is 0 Å². The Hall–Kier alpha value is -1.39. The number of nitrogens with zero attached hydrogens (tertiary/aromatic N) is 1. The zero-order valence-corrected chi connectivity index (χ0v) is 12.0. The molecule has 1 aromatic rings. The number of aliphatic carboxylic acids is 1. The summed E-state index contributed by atoms with van der Waals surface area (Å²) in [5, 5.41) is 19.3. The van der Waals surface area contributed by atoms with Crippen LogP contribution in [0.25, 0.3) is 0 Å². The van der Waals surface area contributed by atoms with Crippen molar-refractivity contribution < 1.29 is 15.0 Å². The van der Waals surface area contributed by atoms with E-state index in [0.29, 0.717) is 12.5 Å². The lowest BCUT2D eigenvalue weighted by Crippen LogP contribution is -2.37. The molecule has 2 rings (SSSR count). The summed E-state index contributed by atoms with van der Waals surface area (Å²) >= 11 is 0. The molecular formula is C16H23NO3. The van der Waals surface area contributed by atoms with Crippen LogP contribution in [-0.2, 0) is 10.4 Å². The van der Waals surface area contributed by atoms with Crippen molar-refractivity contribution in [2.24, 2.45) is 5.92 Å². The largest absolute Gasteiger partial charge is 0.481 e. The molecule has 0 spiro atoms. The molecule has 0 bridgehead atoms. The number of carboxylic acid groups (broad SMARTS) is 1. The van der Waals surface area contributed by atoms with Gasteiger partial charge in [-0.2, -0.15) is 0 Å². The number of β-amino-alcohol motifs (C(OH)–C–C–N with tert-alkyl or cyclic N) is 1. The van der Waals surface area contributed by atoms with Crippen LogP contribution in [0.4, 0.5) is 0 Å². The molecule has 2 unspecified atom stereocenters. The first-order valence-corrected chi connectivity index (χ1v) is 7.19. The fourth-order valence-electron chi connectivity index (χ4n) is 2.94. The highest BCUT2D eigenvalue weighted by Crippen LogP contribution is 2.27. The topological polar surface area (TPSA) is 60.8 Å². The minimum atomic E-state index is -0.858. The summed E-state index contributed by atoms with van der Waals surface area (Å²) in [5.41, 5.74) is 0.0668. The van der Waals surface area contributed by atoms with E-state index < -0.39 is 11.6 Å². The molecule has 4 nitrogen and oxygen atoms in total. The molecule has 110 valence electrons. The van der Waals surface area contributed by atoms with Gasteiger partial charge in [-0.1, -0.05) is 30.3 Å². The molecule has 0 saturated carbocycles. The molecule has 1 aromatic carbocycles. The van der Waals surface area contributed by atoms with Crippen molar-refractivity contribution in [3.63, 3.8) is 0 Å². The zero-order chi connectivity index (χ0) is 14.6. The molecule has 20 heavy (non-hydrogen) atoms. The monoisotopic (exact) mass is 277 g/mol. The number of hydrogen-bond donors (Lipinski definition) is 2. The molecule has 0 amide bonds. The van der Waals surface area contributed by atoms with Gasteiger partial charge >= 0.3 is 5.97 Å². The first kappa shape index (κ1) is 15.0. The summed E-state index contributed by atoms with van der Waals surface area (Å²) in [4.78, 5) is 12.8. The van der Waals surface area contributed by atoms with E-state index in [2.05, 4.69) is 4.90 Å². The number of likely N-dealkylation sites (tertiary alicyclic amines) is 1. The average Bonchev–Trinajstić information content (AvgIpc) is 2.84. The van der Waals surface area contributed by atoms with Crippen molar-refractivity contribution in [2.75, 3.05) is 19.6 Å². The van der Waals surface area contributed by atoms with E-state index in [1.165, 1.54) is 0 Å². The van der Waals surface area contributed by atoms with Crippen LogP contribution in [-0.4, -0.2) is 40.7 Å². The Morgan fingerprint density at radius 1 is 1.40 bits per heavy atom. The van der Waals surface area contributed by atoms with Crippen LogP contribution in [0.2, 0.25) is 0 Å². The fraction of sp³-hybridized carbons (Fsp3) is 0.562. The Bertz CT molecular complexity index is 444. The second-order valence-electron chi connectivity index (χ2n) is 5.96. The lowest BCUT2D eigenvalue weighted by molar-refractivity contribution is -0.137. The van der Waals surface area contributed by atoms with Crippen molar-refractivity contribution in [3.8, 4) is 0 Å². The van der Waals surface area contributed by atoms with Gasteiger partial charge < -0.3 is 10.2 Å². The standard InChI is InChI=1S/C16H23NO3/c1-16(20,14-5-3-2-4-6-14)12-17-10-9-13(11-17)7-8-15(18)19/h2-6,13,20H,7-12H2,1H3,(H,18,19). The second-order valence-corrected chi connectivity index (χ2v) is 5.96. The van der Waals surface area contributed by atoms with Crippen molar-refractivity contribution in [1.29, 1.82) is 0 Å². The third-order valence-corrected chi connectivity index (χ3v) is 4.06. The number of aliphatic hydroxyl groups is 1. The van der Waals surface area contributed by atoms with Gasteiger partial charge in [0.1, 0.15) is 0 Å². The molecule has 0 aliphatic carbocycles. The van der Waals surface area contributed by atoms with E-state index in [0.717, 1.165) is 31.5 Å². The molecule has 1 saturated heterocycles. The van der Waals surface area contributed by atoms with Crippen LogP contribution in [0.3, 0.4) is 0 Å². The average molecular weight is 277 g/mol. The van der Waals surface area contributed by atoms with Gasteiger partial charge in [0.15, 0.2) is 0 Å². The predicted molar refractivity (Wildman–Crippen MR) is 77.4 cm³/mol. The molecule has 1 fully saturated rings. The molecule has 1 aliphatic rings. The summed E-state index contributed by atoms with van der Waals surface area (Å²) in [6.07, 6.45) is 2.01. The number of benzene rings is 1. The maximum Gasteiger partial charge on any atom is 0.303 e. The van der Waals surface area contributed by atoms with Crippen molar-refractivity contribution in [3.05, 3.63) is 35.9 Å². The maximum atomic E-state index is 10.6. The van der Waals surface area contributed by atoms with E-state index in [1.807, 2.05) is 37.3 Å². The lowest BCUT2D eigenvalue weighted by Gasteiger charge is -2.29. The van der Waals surface area contributed by atoms with Gasteiger partial charge in [-0.15, -0.1) is 0 Å². The Balaban J connectivity index is 1.87. The fourth-order valence-corrected chi connectivity index (χ4v) is 2.94. The van der Waals surface area contributed by atoms with Crippen LogP contribution in [0.5, 0.6) is 0 Å². The quantitative estimate of drug-likeness (QED) is 0.836. The number of hydrogen-bond acceptors (Lipinski definition) is 3.